The highest BCUT2D eigenvalue weighted by Crippen LogP contribution is 2.52. The number of aryl methyl sites for hydroxylation is 1. The molecular weight excluding hydrogens is 490 g/mol. The maximum atomic E-state index is 14.4. The zero-order valence-corrected chi connectivity index (χ0v) is 21.4. The molecule has 8 heteroatoms. The van der Waals surface area contributed by atoms with Gasteiger partial charge in [0.1, 0.15) is 5.60 Å². The molecule has 0 unspecified atom stereocenters. The summed E-state index contributed by atoms with van der Waals surface area (Å²) in [6, 6.07) is 16.5. The summed E-state index contributed by atoms with van der Waals surface area (Å²) in [7, 11) is 0. The lowest BCUT2D eigenvalue weighted by molar-refractivity contribution is -0.118. The second kappa shape index (κ2) is 10.2. The van der Waals surface area contributed by atoms with Crippen molar-refractivity contribution in [2.24, 2.45) is 0 Å². The third-order valence-corrected chi connectivity index (χ3v) is 7.82. The van der Waals surface area contributed by atoms with Gasteiger partial charge in [-0.2, -0.15) is 0 Å². The molecule has 2 amide bonds. The summed E-state index contributed by atoms with van der Waals surface area (Å²) in [4.78, 5) is 24.6. The molecule has 38 heavy (non-hydrogen) atoms. The smallest absolute Gasteiger partial charge is 0.407 e. The first-order valence-electron chi connectivity index (χ1n) is 12.7. The summed E-state index contributed by atoms with van der Waals surface area (Å²) < 4.78 is 34.7. The van der Waals surface area contributed by atoms with Gasteiger partial charge in [0, 0.05) is 32.5 Å². The molecule has 0 radical (unpaired) electrons. The number of amides is 2. The lowest BCUT2D eigenvalue weighted by atomic mass is 9.71. The van der Waals surface area contributed by atoms with E-state index < -0.39 is 29.2 Å². The van der Waals surface area contributed by atoms with Crippen molar-refractivity contribution in [2.45, 2.75) is 44.8 Å². The molecule has 0 saturated carbocycles. The number of hydrogen-bond donors (Lipinski definition) is 2. The van der Waals surface area contributed by atoms with E-state index in [1.807, 2.05) is 43.3 Å². The predicted octanol–water partition coefficient (Wildman–Crippen LogP) is 5.51. The molecule has 3 aromatic rings. The van der Waals surface area contributed by atoms with Gasteiger partial charge >= 0.3 is 6.09 Å². The highest BCUT2D eigenvalue weighted by atomic mass is 19.2. The Labute approximate surface area is 220 Å². The second-order valence-electron chi connectivity index (χ2n) is 10.1. The van der Waals surface area contributed by atoms with Crippen LogP contribution in [0.5, 0.6) is 0 Å². The topological polar surface area (TPSA) is 78.9 Å². The summed E-state index contributed by atoms with van der Waals surface area (Å²) in [5.74, 6) is -2.32. The lowest BCUT2D eigenvalue weighted by Crippen LogP contribution is -2.50. The van der Waals surface area contributed by atoms with Crippen LogP contribution in [0.1, 0.15) is 47.1 Å². The van der Waals surface area contributed by atoms with Crippen LogP contribution in [-0.2, 0) is 28.2 Å². The first-order valence-corrected chi connectivity index (χ1v) is 12.7. The summed E-state index contributed by atoms with van der Waals surface area (Å²) >= 11 is 0. The van der Waals surface area contributed by atoms with Crippen molar-refractivity contribution in [1.29, 1.82) is 0 Å². The molecule has 6 nitrogen and oxygen atoms in total. The molecule has 5 rings (SSSR count). The molecule has 2 aliphatic rings. The van der Waals surface area contributed by atoms with E-state index in [2.05, 4.69) is 11.4 Å². The first-order chi connectivity index (χ1) is 18.2. The highest BCUT2D eigenvalue weighted by molar-refractivity contribution is 5.73. The number of piperidine rings is 1. The van der Waals surface area contributed by atoms with E-state index in [9.17, 15) is 23.5 Å². The normalized spacial score (nSPS) is 20.4. The molecule has 0 aliphatic carbocycles. The van der Waals surface area contributed by atoms with Crippen LogP contribution in [0.4, 0.5) is 13.6 Å². The quantitative estimate of drug-likeness (QED) is 0.465. The van der Waals surface area contributed by atoms with E-state index in [1.165, 1.54) is 24.0 Å². The number of nitrogens with one attached hydrogen (secondary N) is 1. The SMILES string of the molecule is CC(=O)NCCc1ccccc1-c1ccc([C@H]2CN(C(=O)O)CC[C@@]23OCc2cc(F)c(F)cc23)c(C)c1. The van der Waals surface area contributed by atoms with Gasteiger partial charge in [0.05, 0.1) is 6.61 Å². The fourth-order valence-corrected chi connectivity index (χ4v) is 5.97. The van der Waals surface area contributed by atoms with E-state index >= 15 is 0 Å². The van der Waals surface area contributed by atoms with Crippen molar-refractivity contribution in [1.82, 2.24) is 10.2 Å². The van der Waals surface area contributed by atoms with Gasteiger partial charge in [0.25, 0.3) is 0 Å². The Hall–Kier alpha value is -3.78. The molecule has 2 aliphatic heterocycles. The van der Waals surface area contributed by atoms with Crippen LogP contribution in [-0.4, -0.2) is 41.6 Å². The second-order valence-corrected chi connectivity index (χ2v) is 10.1. The van der Waals surface area contributed by atoms with Crippen LogP contribution in [0.2, 0.25) is 0 Å². The van der Waals surface area contributed by atoms with E-state index in [0.29, 0.717) is 30.5 Å². The van der Waals surface area contributed by atoms with Crippen molar-refractivity contribution >= 4 is 12.0 Å². The number of likely N-dealkylation sites (tertiary alicyclic amines) is 1. The van der Waals surface area contributed by atoms with Gasteiger partial charge in [-0.1, -0.05) is 42.5 Å². The van der Waals surface area contributed by atoms with Crippen LogP contribution < -0.4 is 5.32 Å². The molecule has 2 N–H and O–H groups in total. The zero-order chi connectivity index (χ0) is 27.0. The van der Waals surface area contributed by atoms with Gasteiger partial charge in [-0.05, 0) is 70.8 Å². The number of benzene rings is 3. The van der Waals surface area contributed by atoms with Gasteiger partial charge < -0.3 is 20.1 Å². The van der Waals surface area contributed by atoms with Crippen molar-refractivity contribution < 1.29 is 28.2 Å². The Kier molecular flexibility index (Phi) is 6.92. The number of halogens is 2. The number of carboxylic acid groups (broad SMARTS) is 1. The number of ether oxygens (including phenoxy) is 1. The van der Waals surface area contributed by atoms with Crippen molar-refractivity contribution in [3.8, 4) is 11.1 Å². The van der Waals surface area contributed by atoms with E-state index in [1.54, 1.807) is 0 Å². The van der Waals surface area contributed by atoms with Crippen molar-refractivity contribution in [2.75, 3.05) is 19.6 Å². The molecular formula is C30H30F2N2O4. The van der Waals surface area contributed by atoms with E-state index in [-0.39, 0.29) is 25.6 Å². The zero-order valence-electron chi connectivity index (χ0n) is 21.4. The van der Waals surface area contributed by atoms with Crippen molar-refractivity contribution in [3.05, 3.63) is 94.0 Å². The average molecular weight is 521 g/mol. The van der Waals surface area contributed by atoms with E-state index in [0.717, 1.165) is 27.8 Å². The van der Waals surface area contributed by atoms with Crippen LogP contribution in [0.3, 0.4) is 0 Å². The van der Waals surface area contributed by atoms with Gasteiger partial charge in [0.2, 0.25) is 5.91 Å². The molecule has 1 saturated heterocycles. The van der Waals surface area contributed by atoms with Crippen LogP contribution in [0.15, 0.2) is 54.6 Å². The summed E-state index contributed by atoms with van der Waals surface area (Å²) in [5.41, 5.74) is 5.27. The monoisotopic (exact) mass is 520 g/mol. The average Bonchev–Trinajstić information content (AvgIpc) is 3.22. The number of carbonyl (C=O) groups is 2. The van der Waals surface area contributed by atoms with E-state index in [4.69, 9.17) is 4.74 Å². The van der Waals surface area contributed by atoms with Gasteiger partial charge in [0.15, 0.2) is 11.6 Å². The highest BCUT2D eigenvalue weighted by Gasteiger charge is 2.51. The summed E-state index contributed by atoms with van der Waals surface area (Å²) in [6.45, 7) is 4.58. The fraction of sp³-hybridized carbons (Fsp3) is 0.333. The van der Waals surface area contributed by atoms with Crippen LogP contribution >= 0.6 is 0 Å². The van der Waals surface area contributed by atoms with Crippen molar-refractivity contribution in [3.63, 3.8) is 0 Å². The molecule has 3 aromatic carbocycles. The summed E-state index contributed by atoms with van der Waals surface area (Å²) in [6.07, 6.45) is 0.00777. The van der Waals surface area contributed by atoms with Crippen LogP contribution in [0.25, 0.3) is 11.1 Å². The van der Waals surface area contributed by atoms with Gasteiger partial charge in [-0.15, -0.1) is 0 Å². The molecule has 0 bridgehead atoms. The molecule has 1 spiro atoms. The number of hydrogen-bond acceptors (Lipinski definition) is 3. The minimum absolute atomic E-state index is 0.0715. The third-order valence-electron chi connectivity index (χ3n) is 7.82. The standard InChI is InChI=1S/C30H30F2N2O4/c1-18-13-21(24-6-4-3-5-20(24)9-11-33-19(2)35)7-8-23(18)26-16-34(29(36)37)12-10-30(26)25-15-28(32)27(31)14-22(25)17-38-30/h3-8,13-15,26H,9-12,16-17H2,1-2H3,(H,33,35)(H,36,37)/t26-,30+/m1/s1. The third kappa shape index (κ3) is 4.65. The Balaban J connectivity index is 1.54. The molecule has 198 valence electrons. The Bertz CT molecular complexity index is 1410. The lowest BCUT2D eigenvalue weighted by Gasteiger charge is -2.45. The maximum absolute atomic E-state index is 14.4. The minimum Gasteiger partial charge on any atom is -0.465 e. The molecule has 2 atom stereocenters. The predicted molar refractivity (Wildman–Crippen MR) is 139 cm³/mol. The number of rotatable bonds is 5. The number of carbonyl (C=O) groups excluding carboxylic acids is 1. The molecule has 2 heterocycles. The van der Waals surface area contributed by atoms with Gasteiger partial charge in [-0.3, -0.25) is 4.79 Å². The Morgan fingerprint density at radius 3 is 2.63 bits per heavy atom. The largest absolute Gasteiger partial charge is 0.465 e. The first kappa shape index (κ1) is 25.9. The number of nitrogens with zero attached hydrogens (tertiary/aromatic N) is 1. The Morgan fingerprint density at radius 1 is 1.13 bits per heavy atom. The van der Waals surface area contributed by atoms with Gasteiger partial charge in [-0.25, -0.2) is 13.6 Å². The maximum Gasteiger partial charge on any atom is 0.407 e. The minimum atomic E-state index is -1.02. The van der Waals surface area contributed by atoms with Crippen LogP contribution in [0, 0.1) is 18.6 Å². The summed E-state index contributed by atoms with van der Waals surface area (Å²) in [5, 5.41) is 12.6. The fourth-order valence-electron chi connectivity index (χ4n) is 5.97. The number of fused-ring (bicyclic) bond motifs is 2. The molecule has 1 fully saturated rings. The molecule has 0 aromatic heterocycles. The Morgan fingerprint density at radius 2 is 1.89 bits per heavy atom.